The molecule has 1 aromatic carbocycles. The fourth-order valence-corrected chi connectivity index (χ4v) is 2.63. The molecule has 2 N–H and O–H groups in total. The molecule has 1 aromatic heterocycles. The van der Waals surface area contributed by atoms with E-state index in [9.17, 15) is 9.90 Å². The van der Waals surface area contributed by atoms with Gasteiger partial charge in [0.15, 0.2) is 5.16 Å². The molecule has 102 valence electrons. The maximum absolute atomic E-state index is 11.9. The van der Waals surface area contributed by atoms with Gasteiger partial charge in [0.25, 0.3) is 0 Å². The first kappa shape index (κ1) is 13.7. The largest absolute Gasteiger partial charge is 0.508 e. The minimum Gasteiger partial charge on any atom is -0.508 e. The van der Waals surface area contributed by atoms with Gasteiger partial charge in [0.2, 0.25) is 5.91 Å². The van der Waals surface area contributed by atoms with Crippen LogP contribution >= 0.6 is 11.8 Å². The fourth-order valence-electron chi connectivity index (χ4n) is 1.84. The standard InChI is InChI=1S/C13H17N3O2S/c1-3-16(4-2)12(18)8-19-13-14-10-6-5-9(17)7-11(10)15-13/h5-7,17H,3-4,8H2,1-2H3,(H,14,15). The van der Waals surface area contributed by atoms with Crippen molar-refractivity contribution in [1.29, 1.82) is 0 Å². The lowest BCUT2D eigenvalue weighted by molar-refractivity contribution is -0.127. The van der Waals surface area contributed by atoms with Crippen molar-refractivity contribution < 1.29 is 9.90 Å². The summed E-state index contributed by atoms with van der Waals surface area (Å²) >= 11 is 1.38. The molecule has 0 bridgehead atoms. The third kappa shape index (κ3) is 3.20. The highest BCUT2D eigenvalue weighted by Gasteiger charge is 2.11. The Morgan fingerprint density at radius 1 is 1.42 bits per heavy atom. The van der Waals surface area contributed by atoms with Crippen molar-refractivity contribution in [2.24, 2.45) is 0 Å². The monoisotopic (exact) mass is 279 g/mol. The number of amides is 1. The molecule has 5 nitrogen and oxygen atoms in total. The fraction of sp³-hybridized carbons (Fsp3) is 0.385. The number of aromatic hydroxyl groups is 1. The van der Waals surface area contributed by atoms with Crippen LogP contribution in [0.4, 0.5) is 0 Å². The van der Waals surface area contributed by atoms with E-state index in [0.29, 0.717) is 10.9 Å². The Bertz CT molecular complexity index is 578. The van der Waals surface area contributed by atoms with Crippen LogP contribution in [0.3, 0.4) is 0 Å². The smallest absolute Gasteiger partial charge is 0.233 e. The average molecular weight is 279 g/mol. The highest BCUT2D eigenvalue weighted by atomic mass is 32.2. The number of benzene rings is 1. The van der Waals surface area contributed by atoms with Gasteiger partial charge < -0.3 is 15.0 Å². The quantitative estimate of drug-likeness (QED) is 0.823. The van der Waals surface area contributed by atoms with Crippen LogP contribution in [0.15, 0.2) is 23.4 Å². The van der Waals surface area contributed by atoms with Gasteiger partial charge in [-0.2, -0.15) is 0 Å². The average Bonchev–Trinajstić information content (AvgIpc) is 2.79. The first-order valence-corrected chi connectivity index (χ1v) is 7.22. The zero-order chi connectivity index (χ0) is 13.8. The Hall–Kier alpha value is -1.69. The lowest BCUT2D eigenvalue weighted by atomic mass is 10.3. The van der Waals surface area contributed by atoms with Crippen LogP contribution in [-0.2, 0) is 4.79 Å². The molecule has 1 amide bonds. The molecule has 0 atom stereocenters. The van der Waals surface area contributed by atoms with Gasteiger partial charge in [0.1, 0.15) is 5.75 Å². The maximum Gasteiger partial charge on any atom is 0.233 e. The van der Waals surface area contributed by atoms with Crippen molar-refractivity contribution in [3.63, 3.8) is 0 Å². The second-order valence-corrected chi connectivity index (χ2v) is 5.06. The van der Waals surface area contributed by atoms with E-state index in [1.165, 1.54) is 11.8 Å². The molecule has 0 unspecified atom stereocenters. The van der Waals surface area contributed by atoms with E-state index in [1.807, 2.05) is 13.8 Å². The number of carbonyl (C=O) groups excluding carboxylic acids is 1. The highest BCUT2D eigenvalue weighted by Crippen LogP contribution is 2.22. The number of aromatic nitrogens is 2. The van der Waals surface area contributed by atoms with Crippen molar-refractivity contribution in [1.82, 2.24) is 14.9 Å². The van der Waals surface area contributed by atoms with Gasteiger partial charge in [0.05, 0.1) is 16.8 Å². The number of nitrogens with one attached hydrogen (secondary N) is 1. The molecule has 0 radical (unpaired) electrons. The maximum atomic E-state index is 11.9. The molecule has 0 aliphatic carbocycles. The van der Waals surface area contributed by atoms with Crippen LogP contribution in [-0.4, -0.2) is 44.7 Å². The van der Waals surface area contributed by atoms with Gasteiger partial charge in [0, 0.05) is 19.2 Å². The molecule has 0 saturated heterocycles. The van der Waals surface area contributed by atoms with Crippen LogP contribution in [0.2, 0.25) is 0 Å². The van der Waals surface area contributed by atoms with Crippen LogP contribution in [0.25, 0.3) is 11.0 Å². The SMILES string of the molecule is CCN(CC)C(=O)CSc1nc2ccc(O)cc2[nH]1. The summed E-state index contributed by atoms with van der Waals surface area (Å²) in [4.78, 5) is 21.1. The van der Waals surface area contributed by atoms with Gasteiger partial charge in [-0.1, -0.05) is 11.8 Å². The third-order valence-corrected chi connectivity index (χ3v) is 3.75. The number of hydrogen-bond acceptors (Lipinski definition) is 4. The molecule has 1 heterocycles. The number of phenolic OH excluding ortho intramolecular Hbond substituents is 1. The second kappa shape index (κ2) is 5.97. The predicted octanol–water partition coefficient (Wildman–Crippen LogP) is 2.23. The number of carbonyl (C=O) groups is 1. The Kier molecular flexibility index (Phi) is 4.31. The van der Waals surface area contributed by atoms with E-state index in [1.54, 1.807) is 23.1 Å². The number of aromatic amines is 1. The Morgan fingerprint density at radius 2 is 2.16 bits per heavy atom. The molecule has 6 heteroatoms. The highest BCUT2D eigenvalue weighted by molar-refractivity contribution is 7.99. The number of fused-ring (bicyclic) bond motifs is 1. The molecule has 0 aliphatic rings. The summed E-state index contributed by atoms with van der Waals surface area (Å²) < 4.78 is 0. The van der Waals surface area contributed by atoms with E-state index in [4.69, 9.17) is 0 Å². The summed E-state index contributed by atoms with van der Waals surface area (Å²) in [7, 11) is 0. The van der Waals surface area contributed by atoms with Gasteiger partial charge in [-0.05, 0) is 26.0 Å². The number of phenols is 1. The van der Waals surface area contributed by atoms with Gasteiger partial charge >= 0.3 is 0 Å². The number of thioether (sulfide) groups is 1. The van der Waals surface area contributed by atoms with Crippen LogP contribution in [0.1, 0.15) is 13.8 Å². The Morgan fingerprint density at radius 3 is 2.84 bits per heavy atom. The molecule has 0 spiro atoms. The third-order valence-electron chi connectivity index (χ3n) is 2.89. The Labute approximate surface area is 116 Å². The van der Waals surface area contributed by atoms with Crippen molar-refractivity contribution >= 4 is 28.7 Å². The minimum absolute atomic E-state index is 0.110. The van der Waals surface area contributed by atoms with Gasteiger partial charge in [-0.15, -0.1) is 0 Å². The zero-order valence-electron chi connectivity index (χ0n) is 11.0. The van der Waals surface area contributed by atoms with E-state index < -0.39 is 0 Å². The molecular weight excluding hydrogens is 262 g/mol. The number of imidazole rings is 1. The number of rotatable bonds is 5. The molecule has 0 fully saturated rings. The topological polar surface area (TPSA) is 69.2 Å². The summed E-state index contributed by atoms with van der Waals surface area (Å²) in [6.07, 6.45) is 0. The molecule has 2 aromatic rings. The molecule has 0 aliphatic heterocycles. The summed E-state index contributed by atoms with van der Waals surface area (Å²) in [5, 5.41) is 10.1. The summed E-state index contributed by atoms with van der Waals surface area (Å²) in [6.45, 7) is 5.39. The van der Waals surface area contributed by atoms with Crippen molar-refractivity contribution in [3.05, 3.63) is 18.2 Å². The summed E-state index contributed by atoms with van der Waals surface area (Å²) in [6, 6.07) is 4.97. The lowest BCUT2D eigenvalue weighted by Gasteiger charge is -2.17. The summed E-state index contributed by atoms with van der Waals surface area (Å²) in [5.74, 6) is 0.679. The first-order valence-electron chi connectivity index (χ1n) is 6.23. The number of H-pyrrole nitrogens is 1. The van der Waals surface area contributed by atoms with Gasteiger partial charge in [-0.25, -0.2) is 4.98 Å². The van der Waals surface area contributed by atoms with Crippen LogP contribution in [0, 0.1) is 0 Å². The van der Waals surface area contributed by atoms with Crippen LogP contribution < -0.4 is 0 Å². The van der Waals surface area contributed by atoms with E-state index in [-0.39, 0.29) is 11.7 Å². The molecule has 19 heavy (non-hydrogen) atoms. The zero-order valence-corrected chi connectivity index (χ0v) is 11.8. The second-order valence-electron chi connectivity index (χ2n) is 4.10. The number of nitrogens with zero attached hydrogens (tertiary/aromatic N) is 2. The van der Waals surface area contributed by atoms with E-state index >= 15 is 0 Å². The number of hydrogen-bond donors (Lipinski definition) is 2. The minimum atomic E-state index is 0.110. The van der Waals surface area contributed by atoms with E-state index in [0.717, 1.165) is 24.1 Å². The van der Waals surface area contributed by atoms with Gasteiger partial charge in [-0.3, -0.25) is 4.79 Å². The first-order chi connectivity index (χ1) is 9.13. The summed E-state index contributed by atoms with van der Waals surface area (Å²) in [5.41, 5.74) is 1.56. The normalized spacial score (nSPS) is 10.8. The molecular formula is C13H17N3O2S. The Balaban J connectivity index is 2.03. The molecule has 2 rings (SSSR count). The lowest BCUT2D eigenvalue weighted by Crippen LogP contribution is -2.31. The predicted molar refractivity (Wildman–Crippen MR) is 76.4 cm³/mol. The van der Waals surface area contributed by atoms with Crippen molar-refractivity contribution in [3.8, 4) is 5.75 Å². The van der Waals surface area contributed by atoms with Crippen molar-refractivity contribution in [2.75, 3.05) is 18.8 Å². The van der Waals surface area contributed by atoms with E-state index in [2.05, 4.69) is 9.97 Å². The molecule has 0 saturated carbocycles. The van der Waals surface area contributed by atoms with Crippen LogP contribution in [0.5, 0.6) is 5.75 Å². The van der Waals surface area contributed by atoms with Crippen molar-refractivity contribution in [2.45, 2.75) is 19.0 Å².